The summed E-state index contributed by atoms with van der Waals surface area (Å²) in [6, 6.07) is 8.26. The molecule has 0 unspecified atom stereocenters. The highest BCUT2D eigenvalue weighted by Crippen LogP contribution is 2.19. The van der Waals surface area contributed by atoms with Crippen LogP contribution in [0.5, 0.6) is 0 Å². The van der Waals surface area contributed by atoms with Gasteiger partial charge in [0.25, 0.3) is 5.91 Å². The van der Waals surface area contributed by atoms with Crippen LogP contribution in [0.4, 0.5) is 14.5 Å². The fourth-order valence-electron chi connectivity index (χ4n) is 1.66. The molecule has 0 aliphatic heterocycles. The molecule has 0 aliphatic rings. The largest absolute Gasteiger partial charge is 0.317 e. The third kappa shape index (κ3) is 3.43. The zero-order valence-corrected chi connectivity index (χ0v) is 11.7. The van der Waals surface area contributed by atoms with E-state index >= 15 is 0 Å². The summed E-state index contributed by atoms with van der Waals surface area (Å²) in [6.07, 6.45) is 1.04. The minimum Gasteiger partial charge on any atom is -0.317 e. The van der Waals surface area contributed by atoms with Gasteiger partial charge in [0.2, 0.25) is 0 Å². The number of benzene rings is 2. The Kier molecular flexibility index (Phi) is 4.04. The molecule has 110 valence electrons. The average molecular weight is 311 g/mol. The first-order chi connectivity index (χ1) is 9.79. The fraction of sp³-hybridized carbons (Fsp3) is 0.0714. The van der Waals surface area contributed by atoms with Crippen LogP contribution in [0.2, 0.25) is 0 Å². The van der Waals surface area contributed by atoms with Gasteiger partial charge in [-0.15, -0.1) is 0 Å². The van der Waals surface area contributed by atoms with E-state index in [0.717, 1.165) is 18.4 Å². The van der Waals surface area contributed by atoms with Crippen LogP contribution in [0.15, 0.2) is 47.4 Å². The number of carbonyl (C=O) groups is 1. The van der Waals surface area contributed by atoms with Gasteiger partial charge in [0, 0.05) is 11.8 Å². The molecule has 4 nitrogen and oxygen atoms in total. The summed E-state index contributed by atoms with van der Waals surface area (Å²) < 4.78 is 49.4. The van der Waals surface area contributed by atoms with E-state index in [1.807, 2.05) is 0 Å². The molecular formula is C14H11F2NO3S. The Labute approximate surface area is 120 Å². The van der Waals surface area contributed by atoms with Crippen molar-refractivity contribution in [1.82, 2.24) is 0 Å². The summed E-state index contributed by atoms with van der Waals surface area (Å²) in [5.41, 5.74) is -0.459. The quantitative estimate of drug-likeness (QED) is 0.948. The Morgan fingerprint density at radius 3 is 2.00 bits per heavy atom. The number of sulfone groups is 1. The molecule has 21 heavy (non-hydrogen) atoms. The molecule has 1 N–H and O–H groups in total. The molecule has 1 amide bonds. The fourth-order valence-corrected chi connectivity index (χ4v) is 2.29. The predicted molar refractivity (Wildman–Crippen MR) is 73.9 cm³/mol. The molecule has 0 atom stereocenters. The SMILES string of the molecule is CS(=O)(=O)c1ccc(C(=O)Nc2c(F)cccc2F)cc1. The molecule has 7 heteroatoms. The van der Waals surface area contributed by atoms with Crippen LogP contribution in [0.1, 0.15) is 10.4 Å². The van der Waals surface area contributed by atoms with Crippen LogP contribution in [-0.4, -0.2) is 20.6 Å². The normalized spacial score (nSPS) is 11.2. The number of rotatable bonds is 3. The second kappa shape index (κ2) is 5.61. The number of amides is 1. The number of carbonyl (C=O) groups excluding carboxylic acids is 1. The van der Waals surface area contributed by atoms with Gasteiger partial charge in [-0.05, 0) is 36.4 Å². The summed E-state index contributed by atoms with van der Waals surface area (Å²) in [5.74, 6) is -2.52. The van der Waals surface area contributed by atoms with Gasteiger partial charge in [-0.25, -0.2) is 17.2 Å². The minimum absolute atomic E-state index is 0.0520. The first-order valence-corrected chi connectivity index (χ1v) is 7.73. The van der Waals surface area contributed by atoms with Crippen LogP contribution in [0, 0.1) is 11.6 Å². The van der Waals surface area contributed by atoms with Gasteiger partial charge in [0.15, 0.2) is 9.84 Å². The summed E-state index contributed by atoms with van der Waals surface area (Å²) in [7, 11) is -3.37. The first kappa shape index (κ1) is 15.1. The van der Waals surface area contributed by atoms with Crippen molar-refractivity contribution in [3.63, 3.8) is 0 Å². The third-order valence-electron chi connectivity index (χ3n) is 2.75. The van der Waals surface area contributed by atoms with Crippen molar-refractivity contribution in [2.45, 2.75) is 4.90 Å². The van der Waals surface area contributed by atoms with Gasteiger partial charge >= 0.3 is 0 Å². The molecule has 0 spiro atoms. The number of anilines is 1. The van der Waals surface area contributed by atoms with E-state index in [0.29, 0.717) is 0 Å². The molecule has 0 aromatic heterocycles. The summed E-state index contributed by atoms with van der Waals surface area (Å²) in [5, 5.41) is 2.11. The van der Waals surface area contributed by atoms with Crippen molar-refractivity contribution < 1.29 is 22.0 Å². The second-order valence-electron chi connectivity index (χ2n) is 4.35. The summed E-state index contributed by atoms with van der Waals surface area (Å²) in [4.78, 5) is 11.9. The zero-order chi connectivity index (χ0) is 15.6. The van der Waals surface area contributed by atoms with Gasteiger partial charge in [-0.2, -0.15) is 0 Å². The number of nitrogens with one attached hydrogen (secondary N) is 1. The highest BCUT2D eigenvalue weighted by Gasteiger charge is 2.14. The van der Waals surface area contributed by atoms with Gasteiger partial charge in [-0.3, -0.25) is 4.79 Å². The Balaban J connectivity index is 2.25. The van der Waals surface area contributed by atoms with E-state index in [-0.39, 0.29) is 10.5 Å². The molecule has 0 saturated carbocycles. The van der Waals surface area contributed by atoms with Crippen LogP contribution in [0.3, 0.4) is 0 Å². The van der Waals surface area contributed by atoms with Gasteiger partial charge in [0.1, 0.15) is 17.3 Å². The lowest BCUT2D eigenvalue weighted by atomic mass is 10.2. The summed E-state index contributed by atoms with van der Waals surface area (Å²) >= 11 is 0. The Bertz CT molecular complexity index is 766. The number of para-hydroxylation sites is 1. The van der Waals surface area contributed by atoms with E-state index in [2.05, 4.69) is 5.32 Å². The maximum absolute atomic E-state index is 13.4. The molecule has 0 bridgehead atoms. The van der Waals surface area contributed by atoms with Crippen molar-refractivity contribution in [1.29, 1.82) is 0 Å². The monoisotopic (exact) mass is 311 g/mol. The lowest BCUT2D eigenvalue weighted by Crippen LogP contribution is -2.14. The highest BCUT2D eigenvalue weighted by atomic mass is 32.2. The lowest BCUT2D eigenvalue weighted by molar-refractivity contribution is 0.102. The van der Waals surface area contributed by atoms with Crippen LogP contribution in [-0.2, 0) is 9.84 Å². The molecule has 0 radical (unpaired) electrons. The molecule has 0 fully saturated rings. The number of hydrogen-bond donors (Lipinski definition) is 1. The molecule has 0 heterocycles. The smallest absolute Gasteiger partial charge is 0.255 e. The van der Waals surface area contributed by atoms with Crippen LogP contribution < -0.4 is 5.32 Å². The van der Waals surface area contributed by atoms with Crippen LogP contribution in [0.25, 0.3) is 0 Å². The summed E-state index contributed by atoms with van der Waals surface area (Å²) in [6.45, 7) is 0. The first-order valence-electron chi connectivity index (χ1n) is 5.84. The number of halogens is 2. The highest BCUT2D eigenvalue weighted by molar-refractivity contribution is 7.90. The minimum atomic E-state index is -3.37. The number of hydrogen-bond acceptors (Lipinski definition) is 3. The Morgan fingerprint density at radius 2 is 1.52 bits per heavy atom. The lowest BCUT2D eigenvalue weighted by Gasteiger charge is -2.07. The topological polar surface area (TPSA) is 63.2 Å². The maximum Gasteiger partial charge on any atom is 0.255 e. The van der Waals surface area contributed by atoms with Crippen molar-refractivity contribution in [3.05, 3.63) is 59.7 Å². The van der Waals surface area contributed by atoms with Crippen molar-refractivity contribution in [2.24, 2.45) is 0 Å². The van der Waals surface area contributed by atoms with Gasteiger partial charge in [0.05, 0.1) is 4.90 Å². The van der Waals surface area contributed by atoms with Gasteiger partial charge < -0.3 is 5.32 Å². The third-order valence-corrected chi connectivity index (χ3v) is 3.87. The molecule has 2 aromatic rings. The Morgan fingerprint density at radius 1 is 1.00 bits per heavy atom. The molecule has 0 aliphatic carbocycles. The van der Waals surface area contributed by atoms with E-state index in [1.54, 1.807) is 0 Å². The Hall–Kier alpha value is -2.28. The predicted octanol–water partition coefficient (Wildman–Crippen LogP) is 2.62. The van der Waals surface area contributed by atoms with Gasteiger partial charge in [-0.1, -0.05) is 6.07 Å². The van der Waals surface area contributed by atoms with E-state index in [1.165, 1.54) is 30.3 Å². The average Bonchev–Trinajstić information content (AvgIpc) is 2.42. The van der Waals surface area contributed by atoms with Crippen molar-refractivity contribution >= 4 is 21.4 Å². The van der Waals surface area contributed by atoms with Crippen LogP contribution >= 0.6 is 0 Å². The van der Waals surface area contributed by atoms with E-state index in [9.17, 15) is 22.0 Å². The molecule has 2 rings (SSSR count). The van der Waals surface area contributed by atoms with E-state index < -0.39 is 33.1 Å². The second-order valence-corrected chi connectivity index (χ2v) is 6.36. The van der Waals surface area contributed by atoms with Crippen molar-refractivity contribution in [3.8, 4) is 0 Å². The molecule has 0 saturated heterocycles. The molecular weight excluding hydrogens is 300 g/mol. The zero-order valence-electron chi connectivity index (χ0n) is 10.9. The maximum atomic E-state index is 13.4. The van der Waals surface area contributed by atoms with E-state index in [4.69, 9.17) is 0 Å². The van der Waals surface area contributed by atoms with Crippen molar-refractivity contribution in [2.75, 3.05) is 11.6 Å². The standard InChI is InChI=1S/C14H11F2NO3S/c1-21(19,20)10-7-5-9(6-8-10)14(18)17-13-11(15)3-2-4-12(13)16/h2-8H,1H3,(H,17,18). The molecule has 2 aromatic carbocycles.